The molecule has 0 saturated heterocycles. The molecule has 0 bridgehead atoms. The number of carbonyl (C=O) groups is 1. The molecule has 3 atom stereocenters. The molecule has 0 aromatic carbocycles. The number of aliphatic hydroxyl groups is 1. The predicted molar refractivity (Wildman–Crippen MR) is 198 cm³/mol. The van der Waals surface area contributed by atoms with Crippen LogP contribution in [-0.2, 0) is 18.4 Å². The van der Waals surface area contributed by atoms with Crippen molar-refractivity contribution in [2.45, 2.75) is 129 Å². The van der Waals surface area contributed by atoms with E-state index in [4.69, 9.17) is 14.8 Å². The lowest BCUT2D eigenvalue weighted by atomic mass is 10.1. The third-order valence-corrected chi connectivity index (χ3v) is 7.97. The molecule has 0 aliphatic carbocycles. The smallest absolute Gasteiger partial charge is 0.387 e. The number of carbonyl (C=O) groups excluding carboxylic acids is 1. The highest BCUT2D eigenvalue weighted by Crippen LogP contribution is 2.43. The minimum absolute atomic E-state index is 0.0621. The highest BCUT2D eigenvalue weighted by Gasteiger charge is 2.26. The molecular weight excluding hydrogens is 611 g/mol. The summed E-state index contributed by atoms with van der Waals surface area (Å²) in [7, 11) is -4.35. The van der Waals surface area contributed by atoms with Crippen LogP contribution < -0.4 is 11.1 Å². The Morgan fingerprint density at radius 2 is 1.23 bits per heavy atom. The summed E-state index contributed by atoms with van der Waals surface area (Å²) in [6.07, 6.45) is 43.6. The first-order valence-corrected chi connectivity index (χ1v) is 19.2. The second-order valence-corrected chi connectivity index (χ2v) is 12.8. The zero-order valence-corrected chi connectivity index (χ0v) is 30.1. The Kier molecular flexibility index (Phi) is 31.9. The second-order valence-electron chi connectivity index (χ2n) is 11.3. The lowest BCUT2D eigenvalue weighted by Crippen LogP contribution is -2.45. The fourth-order valence-corrected chi connectivity index (χ4v) is 5.09. The molecule has 268 valence electrons. The molecule has 0 radical (unpaired) electrons. The van der Waals surface area contributed by atoms with E-state index in [2.05, 4.69) is 79.9 Å². The highest BCUT2D eigenvalue weighted by atomic mass is 31.2. The first-order valence-electron chi connectivity index (χ1n) is 17.7. The summed E-state index contributed by atoms with van der Waals surface area (Å²) >= 11 is 0. The Labute approximate surface area is 286 Å². The standard InChI is InChI=1S/C38H65N2O6P/c1-3-5-7-9-11-13-14-15-16-17-18-19-20-21-22-24-26-28-30-32-38(42)40-36(35-46-47(43,44)45-34-33-39)37(41)31-29-27-25-23-12-10-8-6-4-2/h5,7,11,13,15-16,18-19,21-22,26,28-29,31,36-37,41H,3-4,6,8-10,12,14,17,20,23-25,27,30,32-35,39H2,1-2H3,(H,40,42)(H,43,44)/b7-5-,13-11-,16-15-,19-18-,22-21-,28-26-,31-29+. The van der Waals surface area contributed by atoms with Crippen molar-refractivity contribution in [2.75, 3.05) is 19.8 Å². The van der Waals surface area contributed by atoms with E-state index in [1.54, 1.807) is 6.08 Å². The van der Waals surface area contributed by atoms with E-state index < -0.39 is 20.0 Å². The molecule has 0 aromatic rings. The van der Waals surface area contributed by atoms with Crippen molar-refractivity contribution < 1.29 is 28.4 Å². The average Bonchev–Trinajstić information content (AvgIpc) is 3.05. The van der Waals surface area contributed by atoms with Crippen LogP contribution in [0.2, 0.25) is 0 Å². The van der Waals surface area contributed by atoms with Gasteiger partial charge in [0, 0.05) is 13.0 Å². The summed E-state index contributed by atoms with van der Waals surface area (Å²) < 4.78 is 21.9. The number of nitrogens with two attached hydrogens (primary N) is 1. The normalized spacial score (nSPS) is 15.4. The van der Waals surface area contributed by atoms with Crippen LogP contribution in [0, 0.1) is 0 Å². The van der Waals surface area contributed by atoms with Gasteiger partial charge in [0.05, 0.1) is 25.4 Å². The van der Waals surface area contributed by atoms with Crippen LogP contribution in [0.3, 0.4) is 0 Å². The Bertz CT molecular complexity index is 1000. The van der Waals surface area contributed by atoms with E-state index in [0.29, 0.717) is 6.42 Å². The average molecular weight is 677 g/mol. The van der Waals surface area contributed by atoms with Gasteiger partial charge in [-0.2, -0.15) is 0 Å². The van der Waals surface area contributed by atoms with Gasteiger partial charge in [0.15, 0.2) is 0 Å². The molecule has 0 aliphatic rings. The molecule has 8 nitrogen and oxygen atoms in total. The van der Waals surface area contributed by atoms with E-state index in [0.717, 1.165) is 57.8 Å². The van der Waals surface area contributed by atoms with Crippen LogP contribution in [0.25, 0.3) is 0 Å². The van der Waals surface area contributed by atoms with Crippen LogP contribution in [0.4, 0.5) is 0 Å². The number of nitrogens with one attached hydrogen (secondary N) is 1. The number of allylic oxidation sites excluding steroid dienone is 13. The van der Waals surface area contributed by atoms with Gasteiger partial charge in [-0.25, -0.2) is 4.57 Å². The number of hydrogen-bond donors (Lipinski definition) is 4. The van der Waals surface area contributed by atoms with Crippen LogP contribution in [-0.4, -0.2) is 47.8 Å². The first-order chi connectivity index (χ1) is 22.9. The molecule has 0 fully saturated rings. The summed E-state index contributed by atoms with van der Waals surface area (Å²) in [6.45, 7) is 3.88. The number of aliphatic hydroxyl groups excluding tert-OH is 1. The maximum absolute atomic E-state index is 12.6. The van der Waals surface area contributed by atoms with Crippen LogP contribution in [0.1, 0.15) is 117 Å². The molecule has 0 aromatic heterocycles. The Balaban J connectivity index is 4.47. The van der Waals surface area contributed by atoms with Gasteiger partial charge in [-0.3, -0.25) is 13.8 Å². The molecule has 0 heterocycles. The van der Waals surface area contributed by atoms with Crippen LogP contribution in [0.5, 0.6) is 0 Å². The monoisotopic (exact) mass is 676 g/mol. The van der Waals surface area contributed by atoms with Crippen molar-refractivity contribution in [2.24, 2.45) is 5.73 Å². The summed E-state index contributed by atoms with van der Waals surface area (Å²) in [6, 6.07) is -0.903. The van der Waals surface area contributed by atoms with Crippen molar-refractivity contribution in [3.63, 3.8) is 0 Å². The van der Waals surface area contributed by atoms with Crippen molar-refractivity contribution in [3.8, 4) is 0 Å². The van der Waals surface area contributed by atoms with Crippen molar-refractivity contribution >= 4 is 13.7 Å². The summed E-state index contributed by atoms with van der Waals surface area (Å²) in [5, 5.41) is 13.5. The van der Waals surface area contributed by atoms with Gasteiger partial charge in [-0.1, -0.05) is 137 Å². The van der Waals surface area contributed by atoms with E-state index in [9.17, 15) is 19.4 Å². The highest BCUT2D eigenvalue weighted by molar-refractivity contribution is 7.47. The van der Waals surface area contributed by atoms with E-state index in [-0.39, 0.29) is 32.1 Å². The lowest BCUT2D eigenvalue weighted by molar-refractivity contribution is -0.122. The molecule has 0 rings (SSSR count). The topological polar surface area (TPSA) is 131 Å². The third kappa shape index (κ3) is 32.0. The second kappa shape index (κ2) is 33.6. The zero-order chi connectivity index (χ0) is 34.7. The minimum atomic E-state index is -4.35. The van der Waals surface area contributed by atoms with Crippen molar-refractivity contribution in [3.05, 3.63) is 85.1 Å². The minimum Gasteiger partial charge on any atom is -0.387 e. The van der Waals surface area contributed by atoms with Crippen LogP contribution >= 0.6 is 7.82 Å². The summed E-state index contributed by atoms with van der Waals surface area (Å²) in [5.74, 6) is -0.284. The molecule has 0 saturated carbocycles. The maximum Gasteiger partial charge on any atom is 0.472 e. The van der Waals surface area contributed by atoms with Gasteiger partial charge in [-0.15, -0.1) is 0 Å². The molecular formula is C38H65N2O6P. The number of phosphoric ester groups is 1. The SMILES string of the molecule is CC/C=C\C/C=C\C/C=C\C/C=C\C/C=C\C/C=C\CCC(=O)NC(COP(=O)(O)OCCN)C(O)/C=C/CCCCCCCCC. The van der Waals surface area contributed by atoms with E-state index >= 15 is 0 Å². The van der Waals surface area contributed by atoms with Gasteiger partial charge in [-0.05, 0) is 57.8 Å². The molecule has 0 spiro atoms. The lowest BCUT2D eigenvalue weighted by Gasteiger charge is -2.23. The van der Waals surface area contributed by atoms with E-state index in [1.807, 2.05) is 18.2 Å². The number of hydrogen-bond acceptors (Lipinski definition) is 6. The van der Waals surface area contributed by atoms with Crippen molar-refractivity contribution in [1.29, 1.82) is 0 Å². The first kappa shape index (κ1) is 44.7. The summed E-state index contributed by atoms with van der Waals surface area (Å²) in [4.78, 5) is 22.5. The van der Waals surface area contributed by atoms with Gasteiger partial charge in [0.1, 0.15) is 0 Å². The molecule has 5 N–H and O–H groups in total. The molecule has 1 amide bonds. The number of phosphoric acid groups is 1. The summed E-state index contributed by atoms with van der Waals surface area (Å²) in [5.41, 5.74) is 5.33. The number of amides is 1. The fourth-order valence-electron chi connectivity index (χ4n) is 4.33. The Hall–Kier alpha value is -2.32. The fraction of sp³-hybridized carbons (Fsp3) is 0.605. The Morgan fingerprint density at radius 1 is 0.723 bits per heavy atom. The maximum atomic E-state index is 12.6. The van der Waals surface area contributed by atoms with Gasteiger partial charge in [0.25, 0.3) is 0 Å². The van der Waals surface area contributed by atoms with Crippen molar-refractivity contribution in [1.82, 2.24) is 5.32 Å². The predicted octanol–water partition coefficient (Wildman–Crippen LogP) is 9.10. The van der Waals surface area contributed by atoms with Gasteiger partial charge in [0.2, 0.25) is 5.91 Å². The molecule has 0 aliphatic heterocycles. The van der Waals surface area contributed by atoms with Gasteiger partial charge < -0.3 is 21.1 Å². The van der Waals surface area contributed by atoms with E-state index in [1.165, 1.54) is 32.1 Å². The number of rotatable bonds is 31. The van der Waals surface area contributed by atoms with Gasteiger partial charge >= 0.3 is 7.82 Å². The molecule has 3 unspecified atom stereocenters. The third-order valence-electron chi connectivity index (χ3n) is 6.99. The Morgan fingerprint density at radius 3 is 1.77 bits per heavy atom. The van der Waals surface area contributed by atoms with Crippen LogP contribution in [0.15, 0.2) is 85.1 Å². The molecule has 9 heteroatoms. The quantitative estimate of drug-likeness (QED) is 0.0327. The number of unbranched alkanes of at least 4 members (excludes halogenated alkanes) is 7. The molecule has 47 heavy (non-hydrogen) atoms. The largest absolute Gasteiger partial charge is 0.472 e. The zero-order valence-electron chi connectivity index (χ0n) is 29.2.